The lowest BCUT2D eigenvalue weighted by Crippen LogP contribution is -1.97. The molecule has 0 atom stereocenters. The third-order valence-corrected chi connectivity index (χ3v) is 3.19. The Morgan fingerprint density at radius 3 is 2.33 bits per heavy atom. The van der Waals surface area contributed by atoms with E-state index in [0.717, 1.165) is 33.2 Å². The minimum atomic E-state index is 0.732. The summed E-state index contributed by atoms with van der Waals surface area (Å²) in [6.45, 7) is 8.27. The minimum absolute atomic E-state index is 0.732. The fourth-order valence-corrected chi connectivity index (χ4v) is 2.23. The molecule has 0 aliphatic rings. The molecule has 3 rings (SSSR count). The molecule has 3 nitrogen and oxygen atoms in total. The van der Waals surface area contributed by atoms with Gasteiger partial charge in [-0.2, -0.15) is 5.10 Å². The van der Waals surface area contributed by atoms with Crippen LogP contribution >= 0.6 is 11.6 Å². The van der Waals surface area contributed by atoms with Crippen LogP contribution in [0.3, 0.4) is 0 Å². The zero-order valence-corrected chi connectivity index (χ0v) is 13.6. The van der Waals surface area contributed by atoms with Gasteiger partial charge in [-0.05, 0) is 37.6 Å². The number of hydrogen-bond donors (Lipinski definition) is 0. The molecule has 2 heterocycles. The van der Waals surface area contributed by atoms with Crippen molar-refractivity contribution in [2.75, 3.05) is 0 Å². The normalized spacial score (nSPS) is 10.3. The summed E-state index contributed by atoms with van der Waals surface area (Å²) in [4.78, 5) is 4.56. The van der Waals surface area contributed by atoms with Gasteiger partial charge in [0.2, 0.25) is 0 Å². The number of hydrogen-bond acceptors (Lipinski definition) is 2. The first-order valence-corrected chi connectivity index (χ1v) is 7.52. The van der Waals surface area contributed by atoms with E-state index in [9.17, 15) is 0 Å². The van der Waals surface area contributed by atoms with Crippen LogP contribution in [0.1, 0.15) is 31.7 Å². The maximum Gasteiger partial charge on any atom is 0.163 e. The zero-order valence-electron chi connectivity index (χ0n) is 12.9. The van der Waals surface area contributed by atoms with Gasteiger partial charge in [0.1, 0.15) is 0 Å². The number of nitrogens with zero attached hydrogens (tertiary/aromatic N) is 3. The van der Waals surface area contributed by atoms with Gasteiger partial charge >= 0.3 is 0 Å². The molecule has 2 aromatic heterocycles. The Morgan fingerprint density at radius 1 is 1.10 bits per heavy atom. The third-order valence-electron chi connectivity index (χ3n) is 2.93. The van der Waals surface area contributed by atoms with Crippen molar-refractivity contribution in [3.05, 3.63) is 52.9 Å². The molecule has 0 amide bonds. The molecule has 0 unspecified atom stereocenters. The van der Waals surface area contributed by atoms with Crippen LogP contribution in [0.25, 0.3) is 16.8 Å². The average Bonchev–Trinajstić information content (AvgIpc) is 2.84. The van der Waals surface area contributed by atoms with E-state index in [-0.39, 0.29) is 0 Å². The predicted molar refractivity (Wildman–Crippen MR) is 88.9 cm³/mol. The van der Waals surface area contributed by atoms with Gasteiger partial charge < -0.3 is 0 Å². The summed E-state index contributed by atoms with van der Waals surface area (Å²) in [7, 11) is 0. The molecule has 0 N–H and O–H groups in total. The standard InChI is InChI=1S/C14H12ClN3.C3H8/c1-9-7-10(2)18-14(17-9)13(8-16-18)11-3-5-12(15)6-4-11;1-3-2/h3-8H,1-2H3;3H2,1-2H3. The lowest BCUT2D eigenvalue weighted by Gasteiger charge is -2.03. The molecular formula is C17H20ClN3. The molecule has 1 aromatic carbocycles. The maximum absolute atomic E-state index is 5.91. The first-order valence-electron chi connectivity index (χ1n) is 7.14. The van der Waals surface area contributed by atoms with E-state index < -0.39 is 0 Å². The third kappa shape index (κ3) is 3.42. The zero-order chi connectivity index (χ0) is 15.4. The molecule has 21 heavy (non-hydrogen) atoms. The predicted octanol–water partition coefficient (Wildman–Crippen LogP) is 5.08. The summed E-state index contributed by atoms with van der Waals surface area (Å²) in [6, 6.07) is 9.75. The van der Waals surface area contributed by atoms with Gasteiger partial charge in [0, 0.05) is 22.0 Å². The highest BCUT2D eigenvalue weighted by Crippen LogP contribution is 2.25. The second kappa shape index (κ2) is 6.72. The van der Waals surface area contributed by atoms with E-state index in [1.165, 1.54) is 6.42 Å². The highest BCUT2D eigenvalue weighted by Gasteiger charge is 2.09. The van der Waals surface area contributed by atoms with Crippen LogP contribution in [-0.2, 0) is 0 Å². The summed E-state index contributed by atoms with van der Waals surface area (Å²) < 4.78 is 1.86. The fraction of sp³-hybridized carbons (Fsp3) is 0.294. The molecule has 3 aromatic rings. The molecule has 110 valence electrons. The number of benzene rings is 1. The lowest BCUT2D eigenvalue weighted by molar-refractivity contribution is 0.886. The van der Waals surface area contributed by atoms with E-state index in [2.05, 4.69) is 23.9 Å². The Balaban J connectivity index is 0.000000497. The molecule has 0 spiro atoms. The van der Waals surface area contributed by atoms with E-state index in [1.54, 1.807) is 0 Å². The molecule has 0 aliphatic heterocycles. The van der Waals surface area contributed by atoms with E-state index in [4.69, 9.17) is 11.6 Å². The molecular weight excluding hydrogens is 282 g/mol. The molecule has 0 bridgehead atoms. The van der Waals surface area contributed by atoms with E-state index in [1.807, 2.05) is 54.9 Å². The Bertz CT molecular complexity index is 730. The van der Waals surface area contributed by atoms with Crippen LogP contribution in [0.2, 0.25) is 5.02 Å². The average molecular weight is 302 g/mol. The number of aryl methyl sites for hydroxylation is 2. The lowest BCUT2D eigenvalue weighted by atomic mass is 10.1. The Hall–Kier alpha value is -1.87. The Kier molecular flexibility index (Phi) is 4.97. The number of rotatable bonds is 1. The first kappa shape index (κ1) is 15.5. The number of halogens is 1. The smallest absolute Gasteiger partial charge is 0.163 e. The molecule has 0 aliphatic carbocycles. The van der Waals surface area contributed by atoms with Crippen molar-refractivity contribution in [1.82, 2.24) is 14.6 Å². The highest BCUT2D eigenvalue weighted by molar-refractivity contribution is 6.30. The van der Waals surface area contributed by atoms with Gasteiger partial charge in [0.25, 0.3) is 0 Å². The molecule has 4 heteroatoms. The van der Waals surface area contributed by atoms with Crippen LogP contribution in [0.4, 0.5) is 0 Å². The number of fused-ring (bicyclic) bond motifs is 1. The summed E-state index contributed by atoms with van der Waals surface area (Å²) in [5, 5.41) is 5.11. The minimum Gasteiger partial charge on any atom is -0.233 e. The van der Waals surface area contributed by atoms with Crippen molar-refractivity contribution in [1.29, 1.82) is 0 Å². The Labute approximate surface area is 130 Å². The quantitative estimate of drug-likeness (QED) is 0.627. The summed E-state index contributed by atoms with van der Waals surface area (Å²) in [5.74, 6) is 0. The van der Waals surface area contributed by atoms with Crippen molar-refractivity contribution >= 4 is 17.2 Å². The van der Waals surface area contributed by atoms with Crippen LogP contribution in [0.15, 0.2) is 36.5 Å². The molecule has 0 saturated heterocycles. The number of aromatic nitrogens is 3. The van der Waals surface area contributed by atoms with E-state index in [0.29, 0.717) is 0 Å². The van der Waals surface area contributed by atoms with Crippen molar-refractivity contribution in [2.24, 2.45) is 0 Å². The van der Waals surface area contributed by atoms with Gasteiger partial charge in [-0.25, -0.2) is 9.50 Å². The molecule has 0 fully saturated rings. The maximum atomic E-state index is 5.91. The van der Waals surface area contributed by atoms with Crippen molar-refractivity contribution < 1.29 is 0 Å². The van der Waals surface area contributed by atoms with E-state index >= 15 is 0 Å². The van der Waals surface area contributed by atoms with Crippen LogP contribution < -0.4 is 0 Å². The van der Waals surface area contributed by atoms with Gasteiger partial charge in [-0.3, -0.25) is 0 Å². The van der Waals surface area contributed by atoms with Gasteiger partial charge in [0.05, 0.1) is 6.20 Å². The van der Waals surface area contributed by atoms with Crippen LogP contribution in [0, 0.1) is 13.8 Å². The van der Waals surface area contributed by atoms with Crippen LogP contribution in [-0.4, -0.2) is 14.6 Å². The van der Waals surface area contributed by atoms with Gasteiger partial charge in [-0.15, -0.1) is 0 Å². The van der Waals surface area contributed by atoms with Crippen molar-refractivity contribution in [3.63, 3.8) is 0 Å². The van der Waals surface area contributed by atoms with Crippen molar-refractivity contribution in [2.45, 2.75) is 34.1 Å². The van der Waals surface area contributed by atoms with Crippen LogP contribution in [0.5, 0.6) is 0 Å². The second-order valence-corrected chi connectivity index (χ2v) is 5.48. The monoisotopic (exact) mass is 301 g/mol. The highest BCUT2D eigenvalue weighted by atomic mass is 35.5. The van der Waals surface area contributed by atoms with Gasteiger partial charge in [0.15, 0.2) is 5.65 Å². The van der Waals surface area contributed by atoms with Crippen molar-refractivity contribution in [3.8, 4) is 11.1 Å². The largest absolute Gasteiger partial charge is 0.233 e. The summed E-state index contributed by atoms with van der Waals surface area (Å²) >= 11 is 5.91. The van der Waals surface area contributed by atoms with Gasteiger partial charge in [-0.1, -0.05) is 44.0 Å². The second-order valence-electron chi connectivity index (χ2n) is 5.05. The molecule has 0 radical (unpaired) electrons. The first-order chi connectivity index (χ1) is 10.1. The fourth-order valence-electron chi connectivity index (χ4n) is 2.10. The topological polar surface area (TPSA) is 30.2 Å². The molecule has 0 saturated carbocycles. The Morgan fingerprint density at radius 2 is 1.71 bits per heavy atom. The summed E-state index contributed by atoms with van der Waals surface area (Å²) in [5.41, 5.74) is 5.06. The summed E-state index contributed by atoms with van der Waals surface area (Å²) in [6.07, 6.45) is 3.10. The SMILES string of the molecule is CCC.Cc1cc(C)n2ncc(-c3ccc(Cl)cc3)c2n1.